The first kappa shape index (κ1) is 31.2. The highest BCUT2D eigenvalue weighted by atomic mass is 32.2. The second-order valence-electron chi connectivity index (χ2n) is 10.4. The maximum Gasteiger partial charge on any atom is 0.338 e. The Hall–Kier alpha value is -4.25. The standard InChI is InChI=1S/C33H37N3O7S/c1-5-42-31(38)22-14-11-17-35(19-22)26(37)18-23-20-44-33-34-28(21-12-8-7-9-13-21)27(32(39)43-6-2)29(36(23)33)24-15-10-16-25(40-3)30(24)41-4/h7-10,12-13,15-16,20,22,29H,5-6,11,14,17-19H2,1-4H3/t22-,29-/m0/s1. The minimum atomic E-state index is -0.732. The van der Waals surface area contributed by atoms with Crippen LogP contribution in [0.1, 0.15) is 50.3 Å². The third-order valence-electron chi connectivity index (χ3n) is 7.81. The van der Waals surface area contributed by atoms with E-state index in [0.717, 1.165) is 12.0 Å². The number of para-hydroxylation sites is 1. The quantitative estimate of drug-likeness (QED) is 0.333. The van der Waals surface area contributed by atoms with Crippen LogP contribution in [-0.2, 0) is 23.9 Å². The van der Waals surface area contributed by atoms with E-state index >= 15 is 0 Å². The Morgan fingerprint density at radius 3 is 2.45 bits per heavy atom. The zero-order valence-electron chi connectivity index (χ0n) is 25.4. The zero-order chi connectivity index (χ0) is 31.2. The summed E-state index contributed by atoms with van der Waals surface area (Å²) in [5.74, 6) is -0.267. The van der Waals surface area contributed by atoms with Gasteiger partial charge in [0, 0.05) is 29.9 Å². The molecule has 232 valence electrons. The van der Waals surface area contributed by atoms with Crippen LogP contribution in [0.15, 0.2) is 70.2 Å². The number of aliphatic imine (C=N–C) groups is 1. The number of thioether (sulfide) groups is 1. The number of hydrogen-bond donors (Lipinski definition) is 0. The predicted octanol–water partition coefficient (Wildman–Crippen LogP) is 5.17. The van der Waals surface area contributed by atoms with Crippen LogP contribution in [0, 0.1) is 5.92 Å². The first-order valence-electron chi connectivity index (χ1n) is 14.8. The molecule has 11 heteroatoms. The number of benzene rings is 2. The lowest BCUT2D eigenvalue weighted by molar-refractivity contribution is -0.151. The number of likely N-dealkylation sites (tertiary alicyclic amines) is 1. The topological polar surface area (TPSA) is 107 Å². The fourth-order valence-corrected chi connectivity index (χ4v) is 6.75. The van der Waals surface area contributed by atoms with Crippen molar-refractivity contribution in [3.05, 3.63) is 76.3 Å². The number of ether oxygens (including phenoxy) is 4. The number of nitrogens with zero attached hydrogens (tertiary/aromatic N) is 3. The van der Waals surface area contributed by atoms with Crippen LogP contribution in [0.2, 0.25) is 0 Å². The molecule has 1 amide bonds. The minimum Gasteiger partial charge on any atom is -0.493 e. The Balaban J connectivity index is 1.57. The molecule has 44 heavy (non-hydrogen) atoms. The van der Waals surface area contributed by atoms with E-state index < -0.39 is 12.0 Å². The van der Waals surface area contributed by atoms with Gasteiger partial charge >= 0.3 is 11.9 Å². The number of hydrogen-bond acceptors (Lipinski definition) is 10. The number of carbonyl (C=O) groups is 3. The summed E-state index contributed by atoms with van der Waals surface area (Å²) in [5.41, 5.74) is 2.93. The average Bonchev–Trinajstić information content (AvgIpc) is 3.46. The highest BCUT2D eigenvalue weighted by Gasteiger charge is 2.44. The average molecular weight is 620 g/mol. The van der Waals surface area contributed by atoms with E-state index in [-0.39, 0.29) is 30.8 Å². The van der Waals surface area contributed by atoms with Gasteiger partial charge in [0.05, 0.1) is 57.1 Å². The highest BCUT2D eigenvalue weighted by Crippen LogP contribution is 2.50. The van der Waals surface area contributed by atoms with Gasteiger partial charge in [0.15, 0.2) is 16.7 Å². The van der Waals surface area contributed by atoms with Crippen molar-refractivity contribution < 1.29 is 33.3 Å². The van der Waals surface area contributed by atoms with Crippen LogP contribution in [0.4, 0.5) is 0 Å². The Kier molecular flexibility index (Phi) is 9.94. The number of amides is 1. The third kappa shape index (κ3) is 6.19. The Morgan fingerprint density at radius 1 is 0.977 bits per heavy atom. The summed E-state index contributed by atoms with van der Waals surface area (Å²) in [4.78, 5) is 48.6. The summed E-state index contributed by atoms with van der Waals surface area (Å²) in [6, 6.07) is 14.3. The van der Waals surface area contributed by atoms with E-state index in [0.29, 0.717) is 65.3 Å². The first-order chi connectivity index (χ1) is 21.4. The second kappa shape index (κ2) is 14.0. The molecule has 1 fully saturated rings. The van der Waals surface area contributed by atoms with Crippen LogP contribution in [0.25, 0.3) is 5.70 Å². The van der Waals surface area contributed by atoms with Gasteiger partial charge in [-0.2, -0.15) is 0 Å². The predicted molar refractivity (Wildman–Crippen MR) is 168 cm³/mol. The molecule has 3 heterocycles. The SMILES string of the molecule is CCOC(=O)C1=C(c2ccccc2)N=C2SC=C(CC(=O)N3CCC[C@H](C(=O)OCC)C3)N2[C@H]1c1cccc(OC)c1OC. The van der Waals surface area contributed by atoms with E-state index in [2.05, 4.69) is 0 Å². The number of methoxy groups -OCH3 is 2. The summed E-state index contributed by atoms with van der Waals surface area (Å²) in [5, 5.41) is 2.53. The van der Waals surface area contributed by atoms with Gasteiger partial charge in [-0.25, -0.2) is 9.79 Å². The van der Waals surface area contributed by atoms with Crippen molar-refractivity contribution in [2.24, 2.45) is 10.9 Å². The largest absolute Gasteiger partial charge is 0.493 e. The van der Waals surface area contributed by atoms with Crippen molar-refractivity contribution in [3.8, 4) is 11.5 Å². The van der Waals surface area contributed by atoms with Crippen molar-refractivity contribution in [2.75, 3.05) is 40.5 Å². The van der Waals surface area contributed by atoms with Gasteiger partial charge < -0.3 is 28.7 Å². The lowest BCUT2D eigenvalue weighted by Gasteiger charge is -2.38. The molecule has 10 nitrogen and oxygen atoms in total. The molecule has 3 aliphatic rings. The maximum absolute atomic E-state index is 13.8. The van der Waals surface area contributed by atoms with E-state index in [1.807, 2.05) is 52.8 Å². The molecular formula is C33H37N3O7S. The molecule has 2 atom stereocenters. The third-order valence-corrected chi connectivity index (χ3v) is 8.70. The van der Waals surface area contributed by atoms with Crippen LogP contribution < -0.4 is 9.47 Å². The molecule has 1 saturated heterocycles. The lowest BCUT2D eigenvalue weighted by Crippen LogP contribution is -2.44. The number of carbonyl (C=O) groups excluding carboxylic acids is 3. The maximum atomic E-state index is 13.8. The van der Waals surface area contributed by atoms with Crippen molar-refractivity contribution in [2.45, 2.75) is 39.2 Å². The Bertz CT molecular complexity index is 1500. The van der Waals surface area contributed by atoms with Gasteiger partial charge in [0.25, 0.3) is 0 Å². The fourth-order valence-electron chi connectivity index (χ4n) is 5.83. The van der Waals surface area contributed by atoms with E-state index in [1.54, 1.807) is 39.0 Å². The Labute approximate surface area is 261 Å². The van der Waals surface area contributed by atoms with E-state index in [1.165, 1.54) is 11.8 Å². The van der Waals surface area contributed by atoms with E-state index in [4.69, 9.17) is 23.9 Å². The molecule has 3 aliphatic heterocycles. The molecule has 5 rings (SSSR count). The molecule has 0 spiro atoms. The van der Waals surface area contributed by atoms with Gasteiger partial charge in [0.1, 0.15) is 0 Å². The lowest BCUT2D eigenvalue weighted by atomic mass is 9.90. The Morgan fingerprint density at radius 2 is 1.75 bits per heavy atom. The molecule has 0 bridgehead atoms. The van der Waals surface area contributed by atoms with Crippen molar-refractivity contribution in [3.63, 3.8) is 0 Å². The van der Waals surface area contributed by atoms with Crippen LogP contribution in [0.5, 0.6) is 11.5 Å². The molecule has 0 aliphatic carbocycles. The molecule has 2 aromatic rings. The molecule has 0 N–H and O–H groups in total. The minimum absolute atomic E-state index is 0.0567. The number of amidine groups is 1. The van der Waals surface area contributed by atoms with Crippen molar-refractivity contribution >= 4 is 40.5 Å². The van der Waals surface area contributed by atoms with Gasteiger partial charge in [-0.05, 0) is 38.2 Å². The molecule has 0 unspecified atom stereocenters. The molecular weight excluding hydrogens is 582 g/mol. The fraction of sp³-hybridized carbons (Fsp3) is 0.394. The summed E-state index contributed by atoms with van der Waals surface area (Å²) < 4.78 is 22.3. The van der Waals surface area contributed by atoms with Crippen molar-refractivity contribution in [1.82, 2.24) is 9.80 Å². The zero-order valence-corrected chi connectivity index (χ0v) is 26.2. The molecule has 0 radical (unpaired) electrons. The normalized spacial score (nSPS) is 19.5. The number of fused-ring (bicyclic) bond motifs is 1. The summed E-state index contributed by atoms with van der Waals surface area (Å²) >= 11 is 1.39. The van der Waals surface area contributed by atoms with Gasteiger partial charge in [-0.1, -0.05) is 54.2 Å². The number of rotatable bonds is 10. The highest BCUT2D eigenvalue weighted by molar-refractivity contribution is 8.16. The summed E-state index contributed by atoms with van der Waals surface area (Å²) in [6.07, 6.45) is 1.47. The van der Waals surface area contributed by atoms with Crippen LogP contribution in [-0.4, -0.2) is 73.3 Å². The van der Waals surface area contributed by atoms with Gasteiger partial charge in [-0.3, -0.25) is 9.59 Å². The molecule has 0 aromatic heterocycles. The number of piperidine rings is 1. The van der Waals surface area contributed by atoms with Crippen molar-refractivity contribution in [1.29, 1.82) is 0 Å². The van der Waals surface area contributed by atoms with Gasteiger partial charge in [0.2, 0.25) is 5.91 Å². The van der Waals surface area contributed by atoms with Crippen LogP contribution in [0.3, 0.4) is 0 Å². The summed E-state index contributed by atoms with van der Waals surface area (Å²) in [7, 11) is 3.12. The monoisotopic (exact) mass is 619 g/mol. The van der Waals surface area contributed by atoms with E-state index in [9.17, 15) is 14.4 Å². The summed E-state index contributed by atoms with van der Waals surface area (Å²) in [6.45, 7) is 4.91. The van der Waals surface area contributed by atoms with Crippen LogP contribution >= 0.6 is 11.8 Å². The molecule has 0 saturated carbocycles. The molecule has 2 aromatic carbocycles. The smallest absolute Gasteiger partial charge is 0.338 e. The van der Waals surface area contributed by atoms with Gasteiger partial charge in [-0.15, -0.1) is 0 Å². The first-order valence-corrected chi connectivity index (χ1v) is 15.6. The second-order valence-corrected chi connectivity index (χ2v) is 11.3. The number of esters is 2.